The Balaban J connectivity index is 2.99. The van der Waals surface area contributed by atoms with Gasteiger partial charge in [-0.1, -0.05) is 38.1 Å². The van der Waals surface area contributed by atoms with Gasteiger partial charge in [0.1, 0.15) is 0 Å². The number of rotatable bonds is 4. The van der Waals surface area contributed by atoms with Crippen LogP contribution in [0.15, 0.2) is 24.3 Å². The molecule has 1 atom stereocenters. The second kappa shape index (κ2) is 5.31. The fourth-order valence-corrected chi connectivity index (χ4v) is 1.86. The summed E-state index contributed by atoms with van der Waals surface area (Å²) in [7, 11) is 0. The second-order valence-corrected chi connectivity index (χ2v) is 5.43. The number of hydrogen-bond acceptors (Lipinski definition) is 1. The van der Waals surface area contributed by atoms with E-state index in [1.54, 1.807) is 12.1 Å². The number of hydrogen-bond donors (Lipinski definition) is 1. The van der Waals surface area contributed by atoms with Crippen molar-refractivity contribution in [3.8, 4) is 0 Å². The van der Waals surface area contributed by atoms with Gasteiger partial charge in [0, 0.05) is 0 Å². The highest BCUT2D eigenvalue weighted by atomic mass is 19.4. The molecule has 0 saturated heterocycles. The van der Waals surface area contributed by atoms with Crippen LogP contribution >= 0.6 is 0 Å². The van der Waals surface area contributed by atoms with Gasteiger partial charge in [0.2, 0.25) is 0 Å². The van der Waals surface area contributed by atoms with E-state index in [0.717, 1.165) is 12.5 Å². The first kappa shape index (κ1) is 16.9. The van der Waals surface area contributed by atoms with Crippen molar-refractivity contribution in [2.24, 2.45) is 0 Å². The molecule has 1 unspecified atom stereocenters. The normalized spacial score (nSPS) is 16.3. The van der Waals surface area contributed by atoms with E-state index in [4.69, 9.17) is 0 Å². The zero-order valence-electron chi connectivity index (χ0n) is 11.4. The summed E-state index contributed by atoms with van der Waals surface area (Å²) in [6.07, 6.45) is -7.38. The van der Waals surface area contributed by atoms with Gasteiger partial charge in [-0.25, -0.2) is 0 Å². The molecular weight excluding hydrogens is 279 g/mol. The summed E-state index contributed by atoms with van der Waals surface area (Å²) in [6, 6.07) is 5.98. The van der Waals surface area contributed by atoms with Crippen LogP contribution in [0.5, 0.6) is 0 Å². The molecular formula is C14H17F5O. The maximum atomic E-state index is 13.0. The van der Waals surface area contributed by atoms with E-state index in [2.05, 4.69) is 0 Å². The summed E-state index contributed by atoms with van der Waals surface area (Å²) in [5.74, 6) is -4.74. The van der Waals surface area contributed by atoms with Gasteiger partial charge in [0.25, 0.3) is 0 Å². The first-order valence-corrected chi connectivity index (χ1v) is 6.14. The highest BCUT2D eigenvalue weighted by Crippen LogP contribution is 2.43. The molecule has 0 radical (unpaired) electrons. The van der Waals surface area contributed by atoms with Gasteiger partial charge < -0.3 is 5.11 Å². The van der Waals surface area contributed by atoms with Crippen molar-refractivity contribution in [1.82, 2.24) is 0 Å². The Bertz CT molecular complexity index is 446. The van der Waals surface area contributed by atoms with Crippen LogP contribution in [0.4, 0.5) is 22.0 Å². The monoisotopic (exact) mass is 296 g/mol. The lowest BCUT2D eigenvalue weighted by Crippen LogP contribution is -2.42. The summed E-state index contributed by atoms with van der Waals surface area (Å²) in [5.41, 5.74) is -1.31. The third-order valence-electron chi connectivity index (χ3n) is 3.18. The molecule has 0 heterocycles. The Morgan fingerprint density at radius 3 is 1.80 bits per heavy atom. The maximum absolute atomic E-state index is 13.0. The van der Waals surface area contributed by atoms with Crippen molar-refractivity contribution in [2.45, 2.75) is 50.8 Å². The maximum Gasteiger partial charge on any atom is 0.453 e. The van der Waals surface area contributed by atoms with Gasteiger partial charge in [-0.2, -0.15) is 22.0 Å². The Kier molecular flexibility index (Phi) is 4.49. The summed E-state index contributed by atoms with van der Waals surface area (Å²) < 4.78 is 62.6. The van der Waals surface area contributed by atoms with Gasteiger partial charge in [0.15, 0.2) is 0 Å². The van der Waals surface area contributed by atoms with E-state index in [1.165, 1.54) is 12.1 Å². The third kappa shape index (κ3) is 3.69. The van der Waals surface area contributed by atoms with Gasteiger partial charge in [-0.05, 0) is 24.0 Å². The molecule has 20 heavy (non-hydrogen) atoms. The zero-order chi connectivity index (χ0) is 15.8. The topological polar surface area (TPSA) is 20.2 Å². The molecule has 0 spiro atoms. The average Bonchev–Trinajstić information content (AvgIpc) is 2.26. The SMILES string of the molecule is CC(C)c1ccc(C(C)(O)CC(F)(F)C(F)(F)F)cc1. The molecule has 1 aromatic rings. The van der Waals surface area contributed by atoms with Crippen LogP contribution in [-0.4, -0.2) is 17.2 Å². The summed E-state index contributed by atoms with van der Waals surface area (Å²) in [6.45, 7) is 4.80. The predicted octanol–water partition coefficient (Wildman–Crippen LogP) is 4.61. The van der Waals surface area contributed by atoms with E-state index in [0.29, 0.717) is 0 Å². The quantitative estimate of drug-likeness (QED) is 0.805. The molecule has 6 heteroatoms. The number of alkyl halides is 5. The lowest BCUT2D eigenvalue weighted by molar-refractivity contribution is -0.296. The first-order chi connectivity index (χ1) is 8.87. The highest BCUT2D eigenvalue weighted by Gasteiger charge is 2.59. The molecule has 1 N–H and O–H groups in total. The van der Waals surface area contributed by atoms with Crippen LogP contribution in [0.25, 0.3) is 0 Å². The standard InChI is InChI=1S/C14H17F5O/c1-9(2)10-4-6-11(7-5-10)12(3,20)8-13(15,16)14(17,18)19/h4-7,9,20H,8H2,1-3H3. The van der Waals surface area contributed by atoms with E-state index < -0.39 is 24.1 Å². The van der Waals surface area contributed by atoms with Crippen molar-refractivity contribution in [2.75, 3.05) is 0 Å². The Hall–Kier alpha value is -1.17. The molecule has 0 bridgehead atoms. The average molecular weight is 296 g/mol. The van der Waals surface area contributed by atoms with Crippen molar-refractivity contribution in [1.29, 1.82) is 0 Å². The number of aliphatic hydroxyl groups is 1. The smallest absolute Gasteiger partial charge is 0.385 e. The summed E-state index contributed by atoms with van der Waals surface area (Å²) in [5, 5.41) is 9.93. The second-order valence-electron chi connectivity index (χ2n) is 5.43. The van der Waals surface area contributed by atoms with Gasteiger partial charge >= 0.3 is 12.1 Å². The Morgan fingerprint density at radius 1 is 1.00 bits per heavy atom. The fraction of sp³-hybridized carbons (Fsp3) is 0.571. The van der Waals surface area contributed by atoms with E-state index >= 15 is 0 Å². The van der Waals surface area contributed by atoms with Gasteiger partial charge in [-0.3, -0.25) is 0 Å². The minimum absolute atomic E-state index is 0.0332. The minimum Gasteiger partial charge on any atom is -0.385 e. The largest absolute Gasteiger partial charge is 0.453 e. The van der Waals surface area contributed by atoms with E-state index in [9.17, 15) is 27.1 Å². The van der Waals surface area contributed by atoms with Crippen LogP contribution in [0.2, 0.25) is 0 Å². The zero-order valence-corrected chi connectivity index (χ0v) is 11.4. The molecule has 1 aromatic carbocycles. The lowest BCUT2D eigenvalue weighted by atomic mass is 9.88. The molecule has 0 aliphatic heterocycles. The molecule has 0 aromatic heterocycles. The molecule has 1 rings (SSSR count). The van der Waals surface area contributed by atoms with Crippen LogP contribution in [0, 0.1) is 0 Å². The molecule has 0 aliphatic rings. The highest BCUT2D eigenvalue weighted by molar-refractivity contribution is 5.28. The number of benzene rings is 1. The van der Waals surface area contributed by atoms with Gasteiger partial charge in [-0.15, -0.1) is 0 Å². The Labute approximate surface area is 114 Å². The van der Waals surface area contributed by atoms with Crippen LogP contribution in [-0.2, 0) is 5.60 Å². The summed E-state index contributed by atoms with van der Waals surface area (Å²) >= 11 is 0. The lowest BCUT2D eigenvalue weighted by Gasteiger charge is -2.30. The molecule has 0 fully saturated rings. The van der Waals surface area contributed by atoms with Crippen molar-refractivity contribution in [3.05, 3.63) is 35.4 Å². The van der Waals surface area contributed by atoms with E-state index in [-0.39, 0.29) is 11.5 Å². The molecule has 1 nitrogen and oxygen atoms in total. The van der Waals surface area contributed by atoms with Crippen molar-refractivity contribution < 1.29 is 27.1 Å². The van der Waals surface area contributed by atoms with Crippen LogP contribution in [0.1, 0.15) is 44.2 Å². The molecule has 0 aliphatic carbocycles. The minimum atomic E-state index is -5.67. The summed E-state index contributed by atoms with van der Waals surface area (Å²) in [4.78, 5) is 0. The molecule has 0 saturated carbocycles. The first-order valence-electron chi connectivity index (χ1n) is 6.14. The third-order valence-corrected chi connectivity index (χ3v) is 3.18. The van der Waals surface area contributed by atoms with Crippen molar-refractivity contribution >= 4 is 0 Å². The van der Waals surface area contributed by atoms with Crippen LogP contribution in [0.3, 0.4) is 0 Å². The van der Waals surface area contributed by atoms with Crippen LogP contribution < -0.4 is 0 Å². The van der Waals surface area contributed by atoms with Crippen molar-refractivity contribution in [3.63, 3.8) is 0 Å². The molecule has 0 amide bonds. The predicted molar refractivity (Wildman–Crippen MR) is 65.7 cm³/mol. The van der Waals surface area contributed by atoms with E-state index in [1.807, 2.05) is 13.8 Å². The number of halogens is 5. The Morgan fingerprint density at radius 2 is 1.45 bits per heavy atom. The fourth-order valence-electron chi connectivity index (χ4n) is 1.86. The van der Waals surface area contributed by atoms with Gasteiger partial charge in [0.05, 0.1) is 12.0 Å². The molecule has 114 valence electrons.